The van der Waals surface area contributed by atoms with Crippen molar-refractivity contribution >= 4 is 23.1 Å². The molecule has 6 rings (SSSR count). The van der Waals surface area contributed by atoms with Gasteiger partial charge in [0.2, 0.25) is 0 Å². The van der Waals surface area contributed by atoms with Gasteiger partial charge in [-0.05, 0) is 59.9 Å². The van der Waals surface area contributed by atoms with E-state index in [2.05, 4.69) is 17.4 Å². The molecular formula is C33H28N2O3. The molecule has 0 radical (unpaired) electrons. The minimum absolute atomic E-state index is 0.0408. The number of ether oxygens (including phenoxy) is 1. The number of carbonyl (C=O) groups is 2. The van der Waals surface area contributed by atoms with Crippen molar-refractivity contribution in [3.63, 3.8) is 0 Å². The van der Waals surface area contributed by atoms with E-state index in [1.807, 2.05) is 97.1 Å². The highest BCUT2D eigenvalue weighted by molar-refractivity contribution is 6.12. The lowest BCUT2D eigenvalue weighted by atomic mass is 9.78. The van der Waals surface area contributed by atoms with E-state index in [1.54, 1.807) is 12.0 Å². The molecule has 0 aromatic heterocycles. The second kappa shape index (κ2) is 10.0. The minimum atomic E-state index is -0.617. The van der Waals surface area contributed by atoms with Crippen LogP contribution in [0.15, 0.2) is 120 Å². The van der Waals surface area contributed by atoms with Gasteiger partial charge in [0.15, 0.2) is 5.78 Å². The zero-order valence-corrected chi connectivity index (χ0v) is 21.1. The maximum absolute atomic E-state index is 14.3. The molecule has 0 spiro atoms. The van der Waals surface area contributed by atoms with Crippen LogP contribution in [0.3, 0.4) is 0 Å². The summed E-state index contributed by atoms with van der Waals surface area (Å²) in [6.45, 7) is 0. The molecule has 2 aliphatic rings. The summed E-state index contributed by atoms with van der Waals surface area (Å²) >= 11 is 0. The van der Waals surface area contributed by atoms with Gasteiger partial charge in [-0.25, -0.2) is 0 Å². The molecular weight excluding hydrogens is 472 g/mol. The van der Waals surface area contributed by atoms with Gasteiger partial charge in [0, 0.05) is 23.3 Å². The molecule has 0 fully saturated rings. The first-order valence-corrected chi connectivity index (χ1v) is 12.8. The molecule has 4 aromatic carbocycles. The highest BCUT2D eigenvalue weighted by atomic mass is 16.5. The number of methoxy groups -OCH3 is 1. The maximum atomic E-state index is 14.3. The first kappa shape index (κ1) is 23.7. The first-order chi connectivity index (χ1) is 18.6. The van der Waals surface area contributed by atoms with Crippen LogP contribution in [0.2, 0.25) is 0 Å². The monoisotopic (exact) mass is 500 g/mol. The molecule has 2 atom stereocenters. The number of rotatable bonds is 4. The number of hydrogen-bond donors (Lipinski definition) is 1. The lowest BCUT2D eigenvalue weighted by Gasteiger charge is -2.35. The van der Waals surface area contributed by atoms with E-state index < -0.39 is 6.04 Å². The van der Waals surface area contributed by atoms with Crippen molar-refractivity contribution in [1.29, 1.82) is 0 Å². The number of hydrogen-bond acceptors (Lipinski definition) is 4. The average molecular weight is 501 g/mol. The van der Waals surface area contributed by atoms with Crippen molar-refractivity contribution in [2.24, 2.45) is 0 Å². The molecule has 0 saturated heterocycles. The normalized spacial score (nSPS) is 18.7. The van der Waals surface area contributed by atoms with E-state index in [0.29, 0.717) is 29.7 Å². The smallest absolute Gasteiger partial charge is 0.259 e. The third kappa shape index (κ3) is 4.26. The number of para-hydroxylation sites is 2. The second-order valence-electron chi connectivity index (χ2n) is 9.69. The Labute approximate surface area is 222 Å². The number of anilines is 2. The first-order valence-electron chi connectivity index (χ1n) is 12.8. The van der Waals surface area contributed by atoms with E-state index in [1.165, 1.54) is 0 Å². The van der Waals surface area contributed by atoms with Crippen LogP contribution >= 0.6 is 0 Å². The molecule has 0 saturated carbocycles. The Morgan fingerprint density at radius 3 is 2.26 bits per heavy atom. The summed E-state index contributed by atoms with van der Waals surface area (Å²) in [6, 6.07) is 34.2. The van der Waals surface area contributed by atoms with Crippen LogP contribution in [-0.2, 0) is 4.79 Å². The van der Waals surface area contributed by atoms with Crippen molar-refractivity contribution in [2.45, 2.75) is 24.8 Å². The van der Waals surface area contributed by atoms with Crippen molar-refractivity contribution in [3.8, 4) is 5.75 Å². The molecule has 1 aliphatic carbocycles. The summed E-state index contributed by atoms with van der Waals surface area (Å²) in [5, 5.41) is 3.59. The van der Waals surface area contributed by atoms with Crippen molar-refractivity contribution < 1.29 is 14.3 Å². The second-order valence-corrected chi connectivity index (χ2v) is 9.69. The van der Waals surface area contributed by atoms with Crippen molar-refractivity contribution in [2.75, 3.05) is 17.3 Å². The molecule has 0 unspecified atom stereocenters. The number of nitrogens with zero attached hydrogens (tertiary/aromatic N) is 1. The fraction of sp³-hybridized carbons (Fsp3) is 0.152. The predicted octanol–water partition coefficient (Wildman–Crippen LogP) is 6.91. The topological polar surface area (TPSA) is 58.6 Å². The molecule has 38 heavy (non-hydrogen) atoms. The van der Waals surface area contributed by atoms with E-state index in [0.717, 1.165) is 28.2 Å². The number of ketones is 1. The SMILES string of the molecule is COc1cccc([C@H]2C3=C(C[C@@H](c4ccccc4)CC3=O)Nc3ccccc3N2C(=O)c2ccccc2)c1. The minimum Gasteiger partial charge on any atom is -0.497 e. The van der Waals surface area contributed by atoms with E-state index in [4.69, 9.17) is 4.74 Å². The van der Waals surface area contributed by atoms with Gasteiger partial charge in [-0.1, -0.05) is 72.8 Å². The number of Topliss-reactive ketones (excluding diaryl/α,β-unsaturated/α-hetero) is 1. The predicted molar refractivity (Wildman–Crippen MR) is 150 cm³/mol. The third-order valence-corrected chi connectivity index (χ3v) is 7.41. The van der Waals surface area contributed by atoms with Gasteiger partial charge in [-0.15, -0.1) is 0 Å². The Kier molecular flexibility index (Phi) is 6.26. The molecule has 5 heteroatoms. The van der Waals surface area contributed by atoms with Gasteiger partial charge < -0.3 is 10.1 Å². The van der Waals surface area contributed by atoms with Gasteiger partial charge in [-0.2, -0.15) is 0 Å². The van der Waals surface area contributed by atoms with Crippen LogP contribution in [-0.4, -0.2) is 18.8 Å². The Morgan fingerprint density at radius 1 is 0.816 bits per heavy atom. The molecule has 188 valence electrons. The summed E-state index contributed by atoms with van der Waals surface area (Å²) in [6.07, 6.45) is 1.06. The molecule has 1 aliphatic heterocycles. The number of benzene rings is 4. The number of amides is 1. The fourth-order valence-electron chi connectivity index (χ4n) is 5.62. The fourth-order valence-corrected chi connectivity index (χ4v) is 5.62. The summed E-state index contributed by atoms with van der Waals surface area (Å²) in [7, 11) is 1.62. The highest BCUT2D eigenvalue weighted by Gasteiger charge is 2.42. The summed E-state index contributed by atoms with van der Waals surface area (Å²) in [4.78, 5) is 30.1. The standard InChI is InChI=1S/C33H28N2O3/c1-38-26-16-10-15-24(19-26)32-31-28(20-25(21-30(31)36)22-11-4-2-5-12-22)34-27-17-8-9-18-29(27)35(32)33(37)23-13-6-3-7-14-23/h2-19,25,32,34H,20-21H2,1H3/t25-,32+/m1/s1. The van der Waals surface area contributed by atoms with Crippen LogP contribution in [0.25, 0.3) is 0 Å². The van der Waals surface area contributed by atoms with Gasteiger partial charge in [0.1, 0.15) is 5.75 Å². The zero-order valence-electron chi connectivity index (χ0n) is 21.1. The molecule has 1 N–H and O–H groups in total. The Bertz CT molecular complexity index is 1530. The molecule has 1 heterocycles. The Hall–Kier alpha value is -4.64. The molecule has 5 nitrogen and oxygen atoms in total. The number of nitrogens with one attached hydrogen (secondary N) is 1. The van der Waals surface area contributed by atoms with Crippen LogP contribution in [0.5, 0.6) is 5.75 Å². The summed E-state index contributed by atoms with van der Waals surface area (Å²) in [5.74, 6) is 0.607. The third-order valence-electron chi connectivity index (χ3n) is 7.41. The van der Waals surface area contributed by atoms with Crippen LogP contribution in [0, 0.1) is 0 Å². The van der Waals surface area contributed by atoms with E-state index in [-0.39, 0.29) is 17.6 Å². The van der Waals surface area contributed by atoms with Crippen molar-refractivity contribution in [1.82, 2.24) is 0 Å². The average Bonchev–Trinajstić information content (AvgIpc) is 3.12. The van der Waals surface area contributed by atoms with Crippen LogP contribution in [0.4, 0.5) is 11.4 Å². The molecule has 4 aromatic rings. The summed E-state index contributed by atoms with van der Waals surface area (Å²) < 4.78 is 5.54. The number of fused-ring (bicyclic) bond motifs is 1. The van der Waals surface area contributed by atoms with Gasteiger partial charge in [0.05, 0.1) is 24.5 Å². The number of allylic oxidation sites excluding steroid dienone is 1. The Morgan fingerprint density at radius 2 is 1.50 bits per heavy atom. The van der Waals surface area contributed by atoms with Crippen molar-refractivity contribution in [3.05, 3.63) is 137 Å². The van der Waals surface area contributed by atoms with Gasteiger partial charge in [-0.3, -0.25) is 14.5 Å². The zero-order chi connectivity index (χ0) is 26.1. The van der Waals surface area contributed by atoms with Gasteiger partial charge >= 0.3 is 0 Å². The van der Waals surface area contributed by atoms with Crippen LogP contribution < -0.4 is 15.0 Å². The lowest BCUT2D eigenvalue weighted by molar-refractivity contribution is -0.116. The maximum Gasteiger partial charge on any atom is 0.259 e. The summed E-state index contributed by atoms with van der Waals surface area (Å²) in [5.41, 5.74) is 5.55. The van der Waals surface area contributed by atoms with E-state index in [9.17, 15) is 9.59 Å². The highest BCUT2D eigenvalue weighted by Crippen LogP contribution is 2.48. The van der Waals surface area contributed by atoms with E-state index >= 15 is 0 Å². The molecule has 0 bridgehead atoms. The van der Waals surface area contributed by atoms with Crippen LogP contribution in [0.1, 0.15) is 46.3 Å². The lowest BCUT2D eigenvalue weighted by Crippen LogP contribution is -2.38. The largest absolute Gasteiger partial charge is 0.497 e. The molecule has 1 amide bonds. The number of carbonyl (C=O) groups excluding carboxylic acids is 2. The van der Waals surface area contributed by atoms with Gasteiger partial charge in [0.25, 0.3) is 5.91 Å². The Balaban J connectivity index is 1.58. The quantitative estimate of drug-likeness (QED) is 0.331.